The van der Waals surface area contributed by atoms with Gasteiger partial charge in [-0.05, 0) is 50.2 Å². The Morgan fingerprint density at radius 2 is 1.33 bits per heavy atom. The number of halogens is 1. The van der Waals surface area contributed by atoms with E-state index in [1.165, 1.54) is 0 Å². The van der Waals surface area contributed by atoms with Gasteiger partial charge in [0.15, 0.2) is 11.0 Å². The van der Waals surface area contributed by atoms with Gasteiger partial charge in [0.05, 0.1) is 11.0 Å². The fourth-order valence-corrected chi connectivity index (χ4v) is 2.96. The summed E-state index contributed by atoms with van der Waals surface area (Å²) in [4.78, 5) is 17.8. The number of nitrogens with zero attached hydrogens (tertiary/aromatic N) is 4. The van der Waals surface area contributed by atoms with E-state index in [0.717, 1.165) is 33.8 Å². The molecule has 0 fully saturated rings. The summed E-state index contributed by atoms with van der Waals surface area (Å²) in [5.41, 5.74) is 5.05. The van der Waals surface area contributed by atoms with E-state index in [4.69, 9.17) is 11.6 Å². The number of aryl methyl sites for hydroxylation is 2. The molecule has 0 saturated carbocycles. The summed E-state index contributed by atoms with van der Waals surface area (Å²) in [6.45, 7) is 3.89. The predicted molar refractivity (Wildman–Crippen MR) is 109 cm³/mol. The van der Waals surface area contributed by atoms with Crippen LogP contribution in [-0.2, 0) is 0 Å². The number of hydrogen-bond donors (Lipinski definition) is 2. The number of nitrogens with one attached hydrogen (secondary N) is 2. The highest BCUT2D eigenvalue weighted by atomic mass is 35.5. The molecule has 0 bridgehead atoms. The number of fused-ring (bicyclic) bond motifs is 1. The first-order valence-corrected chi connectivity index (χ1v) is 8.83. The van der Waals surface area contributed by atoms with Crippen molar-refractivity contribution in [3.63, 3.8) is 0 Å². The number of benzene rings is 2. The van der Waals surface area contributed by atoms with E-state index in [2.05, 4.69) is 30.6 Å². The molecular formula is C20H17ClN6. The van der Waals surface area contributed by atoms with Gasteiger partial charge >= 0.3 is 0 Å². The molecular weight excluding hydrogens is 360 g/mol. The molecule has 27 heavy (non-hydrogen) atoms. The average molecular weight is 377 g/mol. The lowest BCUT2D eigenvalue weighted by molar-refractivity contribution is 1.06. The van der Waals surface area contributed by atoms with E-state index in [9.17, 15) is 0 Å². The van der Waals surface area contributed by atoms with Crippen molar-refractivity contribution in [3.05, 3.63) is 71.1 Å². The first-order valence-electron chi connectivity index (χ1n) is 8.45. The van der Waals surface area contributed by atoms with Crippen LogP contribution >= 0.6 is 11.6 Å². The molecule has 4 aromatic rings. The van der Waals surface area contributed by atoms with Gasteiger partial charge in [-0.2, -0.15) is 0 Å². The second-order valence-electron chi connectivity index (χ2n) is 6.16. The van der Waals surface area contributed by atoms with Crippen molar-refractivity contribution in [2.45, 2.75) is 13.8 Å². The number of para-hydroxylation sites is 2. The van der Waals surface area contributed by atoms with Crippen LogP contribution in [0.3, 0.4) is 0 Å². The lowest BCUT2D eigenvalue weighted by Crippen LogP contribution is -2.01. The molecule has 134 valence electrons. The quantitative estimate of drug-likeness (QED) is 0.511. The van der Waals surface area contributed by atoms with Gasteiger partial charge in [0.25, 0.3) is 0 Å². The number of rotatable bonds is 4. The highest BCUT2D eigenvalue weighted by Gasteiger charge is 2.08. The van der Waals surface area contributed by atoms with Gasteiger partial charge in [0.1, 0.15) is 0 Å². The molecule has 2 heterocycles. The summed E-state index contributed by atoms with van der Waals surface area (Å²) in [6, 6.07) is 17.3. The van der Waals surface area contributed by atoms with E-state index in [1.807, 2.05) is 68.4 Å². The van der Waals surface area contributed by atoms with Crippen LogP contribution in [0.1, 0.15) is 11.4 Å². The summed E-state index contributed by atoms with van der Waals surface area (Å²) in [7, 11) is 0. The molecule has 0 spiro atoms. The Bertz CT molecular complexity index is 1110. The molecule has 7 heteroatoms. The van der Waals surface area contributed by atoms with Crippen molar-refractivity contribution in [3.8, 4) is 0 Å². The summed E-state index contributed by atoms with van der Waals surface area (Å²) >= 11 is 6.29. The van der Waals surface area contributed by atoms with Crippen molar-refractivity contribution < 1.29 is 0 Å². The Hall–Kier alpha value is -3.25. The van der Waals surface area contributed by atoms with Crippen molar-refractivity contribution in [2.24, 2.45) is 0 Å². The van der Waals surface area contributed by atoms with Gasteiger partial charge in [0, 0.05) is 22.8 Å². The van der Waals surface area contributed by atoms with Crippen LogP contribution in [0.25, 0.3) is 11.0 Å². The topological polar surface area (TPSA) is 75.6 Å². The molecule has 0 amide bonds. The van der Waals surface area contributed by atoms with E-state index < -0.39 is 0 Å². The van der Waals surface area contributed by atoms with Gasteiger partial charge < -0.3 is 10.6 Å². The molecule has 0 atom stereocenters. The lowest BCUT2D eigenvalue weighted by atomic mass is 10.2. The second kappa shape index (κ2) is 7.17. The minimum Gasteiger partial charge on any atom is -0.338 e. The van der Waals surface area contributed by atoms with Gasteiger partial charge in [0.2, 0.25) is 5.95 Å². The third kappa shape index (κ3) is 3.96. The van der Waals surface area contributed by atoms with Gasteiger partial charge in [-0.15, -0.1) is 0 Å². The molecule has 6 nitrogen and oxygen atoms in total. The maximum Gasteiger partial charge on any atom is 0.227 e. The highest BCUT2D eigenvalue weighted by molar-refractivity contribution is 6.32. The highest BCUT2D eigenvalue weighted by Crippen LogP contribution is 2.26. The number of anilines is 4. The van der Waals surface area contributed by atoms with Crippen molar-refractivity contribution in [2.75, 3.05) is 10.6 Å². The standard InChI is InChI=1S/C20H17ClN6/c1-12-10-13(2)23-20(22-12)25-15-7-5-6-14(11-15)24-19-18(21)26-16-8-3-4-9-17(16)27-19/h3-11H,1-2H3,(H,24,27)(H,22,23,25). The molecule has 2 aromatic heterocycles. The number of aromatic nitrogens is 4. The number of hydrogen-bond acceptors (Lipinski definition) is 6. The van der Waals surface area contributed by atoms with Crippen LogP contribution in [0.4, 0.5) is 23.1 Å². The van der Waals surface area contributed by atoms with Crippen LogP contribution in [0.15, 0.2) is 54.6 Å². The molecule has 0 aliphatic carbocycles. The third-order valence-corrected chi connectivity index (χ3v) is 4.16. The summed E-state index contributed by atoms with van der Waals surface area (Å²) < 4.78 is 0. The van der Waals surface area contributed by atoms with Crippen LogP contribution in [-0.4, -0.2) is 19.9 Å². The molecule has 0 saturated heterocycles. The van der Waals surface area contributed by atoms with Crippen LogP contribution < -0.4 is 10.6 Å². The van der Waals surface area contributed by atoms with Crippen LogP contribution in [0, 0.1) is 13.8 Å². The summed E-state index contributed by atoms with van der Waals surface area (Å²) in [5.74, 6) is 1.07. The van der Waals surface area contributed by atoms with Crippen LogP contribution in [0.5, 0.6) is 0 Å². The zero-order chi connectivity index (χ0) is 18.8. The van der Waals surface area contributed by atoms with Crippen molar-refractivity contribution in [1.82, 2.24) is 19.9 Å². The van der Waals surface area contributed by atoms with Crippen molar-refractivity contribution in [1.29, 1.82) is 0 Å². The maximum atomic E-state index is 6.29. The molecule has 0 aliphatic heterocycles. The summed E-state index contributed by atoms with van der Waals surface area (Å²) in [5, 5.41) is 6.78. The molecule has 2 aromatic carbocycles. The minimum absolute atomic E-state index is 0.324. The second-order valence-corrected chi connectivity index (χ2v) is 6.51. The Morgan fingerprint density at radius 1 is 0.704 bits per heavy atom. The maximum absolute atomic E-state index is 6.29. The van der Waals surface area contributed by atoms with E-state index in [1.54, 1.807) is 0 Å². The smallest absolute Gasteiger partial charge is 0.227 e. The first-order chi connectivity index (χ1) is 13.1. The zero-order valence-electron chi connectivity index (χ0n) is 14.9. The summed E-state index contributed by atoms with van der Waals surface area (Å²) in [6.07, 6.45) is 0. The minimum atomic E-state index is 0.324. The van der Waals surface area contributed by atoms with Gasteiger partial charge in [-0.3, -0.25) is 0 Å². The van der Waals surface area contributed by atoms with Crippen LogP contribution in [0.2, 0.25) is 5.15 Å². The Labute approximate surface area is 161 Å². The third-order valence-electron chi connectivity index (χ3n) is 3.89. The fourth-order valence-electron chi connectivity index (χ4n) is 2.78. The molecule has 0 unspecified atom stereocenters. The molecule has 0 aliphatic rings. The molecule has 2 N–H and O–H groups in total. The fraction of sp³-hybridized carbons (Fsp3) is 0.100. The van der Waals surface area contributed by atoms with E-state index >= 15 is 0 Å². The SMILES string of the molecule is Cc1cc(C)nc(Nc2cccc(Nc3nc4ccccc4nc3Cl)c2)n1. The Kier molecular flexibility index (Phi) is 4.56. The first kappa shape index (κ1) is 17.2. The lowest BCUT2D eigenvalue weighted by Gasteiger charge is -2.11. The van der Waals surface area contributed by atoms with Gasteiger partial charge in [-0.25, -0.2) is 19.9 Å². The largest absolute Gasteiger partial charge is 0.338 e. The average Bonchev–Trinajstić information content (AvgIpc) is 2.62. The zero-order valence-corrected chi connectivity index (χ0v) is 15.6. The van der Waals surface area contributed by atoms with Gasteiger partial charge in [-0.1, -0.05) is 29.8 Å². The van der Waals surface area contributed by atoms with E-state index in [0.29, 0.717) is 16.9 Å². The molecule has 4 rings (SSSR count). The molecule has 0 radical (unpaired) electrons. The Morgan fingerprint density at radius 3 is 2.04 bits per heavy atom. The Balaban J connectivity index is 1.60. The van der Waals surface area contributed by atoms with E-state index in [-0.39, 0.29) is 0 Å². The monoisotopic (exact) mass is 376 g/mol. The predicted octanol–water partition coefficient (Wildman–Crippen LogP) is 5.18. The van der Waals surface area contributed by atoms with Crippen molar-refractivity contribution >= 4 is 45.8 Å². The normalized spacial score (nSPS) is 10.8.